The van der Waals surface area contributed by atoms with E-state index in [9.17, 15) is 9.59 Å². The fraction of sp³-hybridized carbons (Fsp3) is 0.154. The predicted molar refractivity (Wildman–Crippen MR) is 84.7 cm³/mol. The minimum Gasteiger partial charge on any atom is -0.364 e. The Bertz CT molecular complexity index is 670. The third-order valence-corrected chi connectivity index (χ3v) is 4.19. The van der Waals surface area contributed by atoms with E-state index in [1.807, 2.05) is 30.1 Å². The molecule has 0 aliphatic carbocycles. The highest BCUT2D eigenvalue weighted by molar-refractivity contribution is 8.26. The highest BCUT2D eigenvalue weighted by Crippen LogP contribution is 2.32. The molecule has 0 spiro atoms. The topological polar surface area (TPSA) is 61.4 Å². The van der Waals surface area contributed by atoms with Gasteiger partial charge in [0.2, 0.25) is 5.91 Å². The van der Waals surface area contributed by atoms with Crippen LogP contribution in [0.5, 0.6) is 0 Å². The third kappa shape index (κ3) is 2.41. The Labute approximate surface area is 125 Å². The van der Waals surface area contributed by atoms with Crippen LogP contribution in [0.25, 0.3) is 6.08 Å². The fourth-order valence-electron chi connectivity index (χ4n) is 2.14. The van der Waals surface area contributed by atoms with Crippen molar-refractivity contribution in [2.45, 2.75) is 0 Å². The molecule has 0 bridgehead atoms. The first-order valence-electron chi connectivity index (χ1n) is 5.93. The van der Waals surface area contributed by atoms with E-state index in [0.717, 1.165) is 16.9 Å². The number of fused-ring (bicyclic) bond motifs is 1. The lowest BCUT2D eigenvalue weighted by molar-refractivity contribution is -0.115. The Morgan fingerprint density at radius 2 is 2.15 bits per heavy atom. The van der Waals surface area contributed by atoms with Gasteiger partial charge in [0.05, 0.1) is 22.8 Å². The molecule has 1 fully saturated rings. The molecule has 102 valence electrons. The lowest BCUT2D eigenvalue weighted by atomic mass is 10.1. The number of rotatable bonds is 1. The van der Waals surface area contributed by atoms with E-state index in [2.05, 4.69) is 10.6 Å². The first-order valence-corrected chi connectivity index (χ1v) is 7.15. The SMILES string of the molecule is CN1CC(=O)Nc2cc(C=C3SC(=S)NC3=O)ccc21. The van der Waals surface area contributed by atoms with Gasteiger partial charge in [-0.25, -0.2) is 0 Å². The molecule has 7 heteroatoms. The van der Waals surface area contributed by atoms with E-state index in [1.165, 1.54) is 11.8 Å². The number of amides is 2. The highest BCUT2D eigenvalue weighted by Gasteiger charge is 2.23. The summed E-state index contributed by atoms with van der Waals surface area (Å²) in [4.78, 5) is 25.6. The van der Waals surface area contributed by atoms with Crippen LogP contribution >= 0.6 is 24.0 Å². The molecule has 5 nitrogen and oxygen atoms in total. The quantitative estimate of drug-likeness (QED) is 0.609. The maximum absolute atomic E-state index is 11.6. The molecule has 1 saturated heterocycles. The van der Waals surface area contributed by atoms with E-state index in [0.29, 0.717) is 15.8 Å². The summed E-state index contributed by atoms with van der Waals surface area (Å²) in [6.45, 7) is 0.347. The fourth-order valence-corrected chi connectivity index (χ4v) is 3.18. The van der Waals surface area contributed by atoms with Gasteiger partial charge < -0.3 is 15.5 Å². The molecule has 1 aromatic carbocycles. The largest absolute Gasteiger partial charge is 0.364 e. The molecule has 1 aromatic rings. The van der Waals surface area contributed by atoms with Crippen molar-refractivity contribution in [1.29, 1.82) is 0 Å². The minimum atomic E-state index is -0.182. The van der Waals surface area contributed by atoms with Gasteiger partial charge in [0, 0.05) is 7.05 Å². The van der Waals surface area contributed by atoms with Gasteiger partial charge in [0.25, 0.3) is 5.91 Å². The number of nitrogens with one attached hydrogen (secondary N) is 2. The van der Waals surface area contributed by atoms with Crippen molar-refractivity contribution in [1.82, 2.24) is 5.32 Å². The number of carbonyl (C=O) groups excluding carboxylic acids is 2. The van der Waals surface area contributed by atoms with Crippen LogP contribution in [0.4, 0.5) is 11.4 Å². The zero-order valence-corrected chi connectivity index (χ0v) is 12.2. The number of anilines is 2. The Hall–Kier alpha value is -1.86. The monoisotopic (exact) mass is 305 g/mol. The summed E-state index contributed by atoms with van der Waals surface area (Å²) in [6, 6.07) is 5.69. The molecule has 0 saturated carbocycles. The second-order valence-electron chi connectivity index (χ2n) is 4.53. The van der Waals surface area contributed by atoms with Crippen LogP contribution in [0.1, 0.15) is 5.56 Å². The molecule has 2 amide bonds. The number of thioether (sulfide) groups is 1. The predicted octanol–water partition coefficient (Wildman–Crippen LogP) is 1.56. The number of likely N-dealkylation sites (N-methyl/N-ethyl adjacent to an activating group) is 1. The Balaban J connectivity index is 1.95. The van der Waals surface area contributed by atoms with Gasteiger partial charge in [0.1, 0.15) is 4.32 Å². The minimum absolute atomic E-state index is 0.0426. The van der Waals surface area contributed by atoms with Crippen LogP contribution in [-0.2, 0) is 9.59 Å². The van der Waals surface area contributed by atoms with Gasteiger partial charge in [-0.05, 0) is 23.8 Å². The maximum Gasteiger partial charge on any atom is 0.263 e. The summed E-state index contributed by atoms with van der Waals surface area (Å²) in [7, 11) is 1.87. The van der Waals surface area contributed by atoms with E-state index in [-0.39, 0.29) is 11.8 Å². The van der Waals surface area contributed by atoms with Gasteiger partial charge in [0.15, 0.2) is 0 Å². The summed E-state index contributed by atoms with van der Waals surface area (Å²) < 4.78 is 0.465. The molecule has 2 N–H and O–H groups in total. The van der Waals surface area contributed by atoms with Crippen molar-refractivity contribution in [3.63, 3.8) is 0 Å². The van der Waals surface area contributed by atoms with E-state index in [1.54, 1.807) is 6.08 Å². The lowest BCUT2D eigenvalue weighted by Gasteiger charge is -2.27. The average Bonchev–Trinajstić information content (AvgIpc) is 2.67. The molecule has 3 rings (SSSR count). The zero-order chi connectivity index (χ0) is 14.3. The molecule has 0 radical (unpaired) electrons. The molecule has 0 unspecified atom stereocenters. The van der Waals surface area contributed by atoms with Crippen LogP contribution in [0.2, 0.25) is 0 Å². The lowest BCUT2D eigenvalue weighted by Crippen LogP contribution is -2.35. The Morgan fingerprint density at radius 1 is 1.35 bits per heavy atom. The van der Waals surface area contributed by atoms with Crippen LogP contribution in [-0.4, -0.2) is 29.7 Å². The van der Waals surface area contributed by atoms with Crippen LogP contribution < -0.4 is 15.5 Å². The average molecular weight is 305 g/mol. The second-order valence-corrected chi connectivity index (χ2v) is 6.25. The normalized spacial score (nSPS) is 19.9. The first-order chi connectivity index (χ1) is 9.52. The molecular weight excluding hydrogens is 294 g/mol. The molecule has 20 heavy (non-hydrogen) atoms. The molecule has 0 aromatic heterocycles. The van der Waals surface area contributed by atoms with E-state index < -0.39 is 0 Å². The number of hydrogen-bond donors (Lipinski definition) is 2. The van der Waals surface area contributed by atoms with Crippen molar-refractivity contribution < 1.29 is 9.59 Å². The number of nitrogens with zero attached hydrogens (tertiary/aromatic N) is 1. The van der Waals surface area contributed by atoms with Crippen molar-refractivity contribution in [2.24, 2.45) is 0 Å². The molecule has 0 atom stereocenters. The molecule has 2 heterocycles. The zero-order valence-electron chi connectivity index (χ0n) is 10.6. The maximum atomic E-state index is 11.6. The number of benzene rings is 1. The van der Waals surface area contributed by atoms with Gasteiger partial charge >= 0.3 is 0 Å². The second kappa shape index (κ2) is 4.92. The smallest absolute Gasteiger partial charge is 0.263 e. The van der Waals surface area contributed by atoms with Crippen LogP contribution in [0, 0.1) is 0 Å². The van der Waals surface area contributed by atoms with Gasteiger partial charge in [-0.1, -0.05) is 30.0 Å². The standard InChI is InChI=1S/C13H11N3O2S2/c1-16-6-11(17)14-8-4-7(2-3-9(8)16)5-10-12(18)15-13(19)20-10/h2-5H,6H2,1H3,(H,14,17)(H,15,18,19). The van der Waals surface area contributed by atoms with Crippen LogP contribution in [0.15, 0.2) is 23.1 Å². The summed E-state index contributed by atoms with van der Waals surface area (Å²) in [5, 5.41) is 5.41. The first kappa shape index (κ1) is 13.1. The van der Waals surface area contributed by atoms with Crippen molar-refractivity contribution in [3.05, 3.63) is 28.7 Å². The molecular formula is C13H11N3O2S2. The van der Waals surface area contributed by atoms with Crippen LogP contribution in [0.3, 0.4) is 0 Å². The Morgan fingerprint density at radius 3 is 2.85 bits per heavy atom. The third-order valence-electron chi connectivity index (χ3n) is 3.03. The van der Waals surface area contributed by atoms with Gasteiger partial charge in [-0.2, -0.15) is 0 Å². The number of hydrogen-bond acceptors (Lipinski definition) is 5. The van der Waals surface area contributed by atoms with Crippen molar-refractivity contribution in [2.75, 3.05) is 23.8 Å². The summed E-state index contributed by atoms with van der Waals surface area (Å²) in [5.41, 5.74) is 2.57. The van der Waals surface area contributed by atoms with E-state index in [4.69, 9.17) is 12.2 Å². The highest BCUT2D eigenvalue weighted by atomic mass is 32.2. The number of carbonyl (C=O) groups is 2. The molecule has 2 aliphatic heterocycles. The summed E-state index contributed by atoms with van der Waals surface area (Å²) in [6.07, 6.45) is 1.76. The van der Waals surface area contributed by atoms with Gasteiger partial charge in [-0.15, -0.1) is 0 Å². The van der Waals surface area contributed by atoms with Gasteiger partial charge in [-0.3, -0.25) is 9.59 Å². The summed E-state index contributed by atoms with van der Waals surface area (Å²) >= 11 is 6.19. The van der Waals surface area contributed by atoms with Crippen molar-refractivity contribution in [3.8, 4) is 0 Å². The Kier molecular flexibility index (Phi) is 3.23. The molecule has 2 aliphatic rings. The van der Waals surface area contributed by atoms with Crippen molar-refractivity contribution >= 4 is 57.6 Å². The van der Waals surface area contributed by atoms with E-state index >= 15 is 0 Å². The summed E-state index contributed by atoms with van der Waals surface area (Å²) in [5.74, 6) is -0.224. The number of thiocarbonyl (C=S) groups is 1.